The number of rotatable bonds is 23. The summed E-state index contributed by atoms with van der Waals surface area (Å²) in [5.41, 5.74) is 0. The first kappa shape index (κ1) is 31.7. The Morgan fingerprint density at radius 2 is 1.12 bits per heavy atom. The van der Waals surface area contributed by atoms with Crippen LogP contribution in [0.1, 0.15) is 122 Å². The van der Waals surface area contributed by atoms with E-state index in [4.69, 9.17) is 4.89 Å². The standard InChI is InChI=1S/C25H52NO5P/c1-5-6-7-8-9-10-11-12-13-14-15-16-17-18-19-20-21-22-24(27)25(23-26(2,3)4)31-32(28,29)30/h25H,5-23H2,1-4H3,(H-,28,29,30). The molecule has 0 aromatic rings. The molecule has 0 spiro atoms. The van der Waals surface area contributed by atoms with Crippen LogP contribution in [-0.4, -0.2) is 49.0 Å². The zero-order valence-corrected chi connectivity index (χ0v) is 22.4. The van der Waals surface area contributed by atoms with Gasteiger partial charge in [-0.2, -0.15) is 0 Å². The average molecular weight is 478 g/mol. The fourth-order valence-corrected chi connectivity index (χ4v) is 4.54. The van der Waals surface area contributed by atoms with Gasteiger partial charge in [0, 0.05) is 6.42 Å². The molecule has 1 N–H and O–H groups in total. The number of hydrogen-bond acceptors (Lipinski definition) is 4. The van der Waals surface area contributed by atoms with E-state index in [9.17, 15) is 14.3 Å². The van der Waals surface area contributed by atoms with Crippen molar-refractivity contribution < 1.29 is 28.2 Å². The lowest BCUT2D eigenvalue weighted by molar-refractivity contribution is -0.872. The largest absolute Gasteiger partial charge is 0.756 e. The predicted molar refractivity (Wildman–Crippen MR) is 131 cm³/mol. The first-order valence-electron chi connectivity index (χ1n) is 13.1. The number of carbonyl (C=O) groups is 1. The zero-order valence-electron chi connectivity index (χ0n) is 21.5. The third kappa shape index (κ3) is 22.9. The van der Waals surface area contributed by atoms with Crippen molar-refractivity contribution in [1.82, 2.24) is 0 Å². The van der Waals surface area contributed by atoms with Crippen LogP contribution < -0.4 is 4.89 Å². The molecule has 0 aliphatic heterocycles. The molecule has 32 heavy (non-hydrogen) atoms. The number of phosphoric acid groups is 1. The number of quaternary nitrogens is 1. The summed E-state index contributed by atoms with van der Waals surface area (Å²) in [6.45, 7) is 2.48. The summed E-state index contributed by atoms with van der Waals surface area (Å²) in [7, 11) is 0.641. The van der Waals surface area contributed by atoms with Crippen molar-refractivity contribution in [3.63, 3.8) is 0 Å². The minimum atomic E-state index is -4.92. The number of phosphoric ester groups is 1. The second-order valence-corrected chi connectivity index (χ2v) is 11.6. The van der Waals surface area contributed by atoms with Crippen LogP contribution in [0.3, 0.4) is 0 Å². The molecule has 0 saturated carbocycles. The monoisotopic (exact) mass is 477 g/mol. The van der Waals surface area contributed by atoms with E-state index in [-0.39, 0.29) is 12.3 Å². The second kappa shape index (κ2) is 19.1. The average Bonchev–Trinajstić information content (AvgIpc) is 2.67. The minimum absolute atomic E-state index is 0.213. The number of Topliss-reactive ketones (excluding diaryl/α,β-unsaturated/α-hetero) is 1. The number of hydrogen-bond donors (Lipinski definition) is 1. The van der Waals surface area contributed by atoms with Gasteiger partial charge in [0.2, 0.25) is 0 Å². The number of nitrogens with zero attached hydrogens (tertiary/aromatic N) is 1. The number of carbonyl (C=O) groups excluding carboxylic acids is 1. The fourth-order valence-electron chi connectivity index (χ4n) is 4.04. The molecule has 0 aromatic carbocycles. The van der Waals surface area contributed by atoms with Gasteiger partial charge in [0.15, 0.2) is 11.9 Å². The Hall–Kier alpha value is -0.260. The summed E-state index contributed by atoms with van der Waals surface area (Å²) < 4.78 is 16.1. The molecular weight excluding hydrogens is 425 g/mol. The van der Waals surface area contributed by atoms with Gasteiger partial charge in [-0.15, -0.1) is 0 Å². The lowest BCUT2D eigenvalue weighted by Crippen LogP contribution is -2.45. The molecule has 0 saturated heterocycles. The highest BCUT2D eigenvalue weighted by Gasteiger charge is 2.28. The third-order valence-corrected chi connectivity index (χ3v) is 6.38. The molecule has 0 fully saturated rings. The third-order valence-electron chi connectivity index (χ3n) is 5.86. The van der Waals surface area contributed by atoms with Gasteiger partial charge in [-0.3, -0.25) is 9.36 Å². The van der Waals surface area contributed by atoms with Crippen LogP contribution in [0.25, 0.3) is 0 Å². The van der Waals surface area contributed by atoms with Gasteiger partial charge < -0.3 is 18.8 Å². The van der Waals surface area contributed by atoms with Crippen LogP contribution >= 0.6 is 7.82 Å². The molecule has 2 atom stereocenters. The minimum Gasteiger partial charge on any atom is -0.756 e. The first-order chi connectivity index (χ1) is 15.0. The van der Waals surface area contributed by atoms with E-state index in [1.165, 1.54) is 89.9 Å². The Balaban J connectivity index is 3.62. The molecule has 7 heteroatoms. The summed E-state index contributed by atoms with van der Waals surface area (Å²) in [6.07, 6.45) is 20.9. The Morgan fingerprint density at radius 3 is 1.44 bits per heavy atom. The summed E-state index contributed by atoms with van der Waals surface area (Å²) in [5, 5.41) is 0. The van der Waals surface area contributed by atoms with E-state index in [0.717, 1.165) is 19.3 Å². The molecule has 0 heterocycles. The van der Waals surface area contributed by atoms with Crippen molar-refractivity contribution in [3.8, 4) is 0 Å². The molecule has 0 radical (unpaired) electrons. The van der Waals surface area contributed by atoms with E-state index < -0.39 is 13.9 Å². The quantitative estimate of drug-likeness (QED) is 0.108. The molecule has 0 rings (SSSR count). The zero-order chi connectivity index (χ0) is 24.3. The summed E-state index contributed by atoms with van der Waals surface area (Å²) in [5.74, 6) is -0.246. The first-order valence-corrected chi connectivity index (χ1v) is 14.6. The van der Waals surface area contributed by atoms with Crippen LogP contribution in [0, 0.1) is 0 Å². The van der Waals surface area contributed by atoms with Gasteiger partial charge in [0.25, 0.3) is 7.82 Å². The summed E-state index contributed by atoms with van der Waals surface area (Å²) in [4.78, 5) is 32.4. The topological polar surface area (TPSA) is 86.7 Å². The van der Waals surface area contributed by atoms with Gasteiger partial charge in [-0.05, 0) is 6.42 Å². The highest BCUT2D eigenvalue weighted by Crippen LogP contribution is 2.33. The van der Waals surface area contributed by atoms with Gasteiger partial charge in [0.1, 0.15) is 6.54 Å². The molecule has 0 amide bonds. The van der Waals surface area contributed by atoms with Gasteiger partial charge in [-0.1, -0.05) is 110 Å². The molecule has 2 unspecified atom stereocenters. The Labute approximate surface area is 198 Å². The number of likely N-dealkylation sites (N-methyl/N-ethyl adjacent to an activating group) is 1. The lowest BCUT2D eigenvalue weighted by Gasteiger charge is -2.30. The van der Waals surface area contributed by atoms with Crippen LogP contribution in [0.15, 0.2) is 0 Å². The molecule has 0 aromatic heterocycles. The molecule has 192 valence electrons. The SMILES string of the molecule is CCCCCCCCCCCCCCCCCCCC(=O)C(C[N+](C)(C)C)OP(=O)([O-])O. The van der Waals surface area contributed by atoms with Crippen molar-refractivity contribution >= 4 is 13.6 Å². The van der Waals surface area contributed by atoms with Gasteiger partial charge in [0.05, 0.1) is 21.1 Å². The number of ketones is 1. The van der Waals surface area contributed by atoms with Crippen molar-refractivity contribution in [1.29, 1.82) is 0 Å². The van der Waals surface area contributed by atoms with E-state index in [0.29, 0.717) is 10.9 Å². The molecule has 0 aliphatic carbocycles. The normalized spacial score (nSPS) is 14.9. The molecule has 0 bridgehead atoms. The van der Waals surface area contributed by atoms with Crippen molar-refractivity contribution in [2.75, 3.05) is 27.7 Å². The van der Waals surface area contributed by atoms with Crippen molar-refractivity contribution in [2.24, 2.45) is 0 Å². The molecule has 6 nitrogen and oxygen atoms in total. The predicted octanol–water partition coefficient (Wildman–Crippen LogP) is 6.15. The maximum absolute atomic E-state index is 12.4. The lowest BCUT2D eigenvalue weighted by atomic mass is 10.0. The Bertz CT molecular complexity index is 501. The fraction of sp³-hybridized carbons (Fsp3) is 0.960. The van der Waals surface area contributed by atoms with E-state index in [1.54, 1.807) is 0 Å². The van der Waals surface area contributed by atoms with Crippen LogP contribution in [0.5, 0.6) is 0 Å². The van der Waals surface area contributed by atoms with Crippen molar-refractivity contribution in [2.45, 2.75) is 129 Å². The smallest absolute Gasteiger partial charge is 0.266 e. The highest BCUT2D eigenvalue weighted by atomic mass is 31.2. The number of unbranched alkanes of at least 4 members (excludes halogenated alkanes) is 16. The molecule has 0 aliphatic rings. The summed E-state index contributed by atoms with van der Waals surface area (Å²) >= 11 is 0. The Kier molecular flexibility index (Phi) is 18.9. The van der Waals surface area contributed by atoms with E-state index in [1.807, 2.05) is 21.1 Å². The maximum atomic E-state index is 12.4. The van der Waals surface area contributed by atoms with Crippen LogP contribution in [0.2, 0.25) is 0 Å². The highest BCUT2D eigenvalue weighted by molar-refractivity contribution is 7.44. The maximum Gasteiger partial charge on any atom is 0.266 e. The summed E-state index contributed by atoms with van der Waals surface area (Å²) in [6, 6.07) is 0. The van der Waals surface area contributed by atoms with E-state index in [2.05, 4.69) is 11.4 Å². The molecular formula is C25H52NO5P. The second-order valence-electron chi connectivity index (χ2n) is 10.4. The van der Waals surface area contributed by atoms with Gasteiger partial charge >= 0.3 is 0 Å². The van der Waals surface area contributed by atoms with Crippen molar-refractivity contribution in [3.05, 3.63) is 0 Å². The Morgan fingerprint density at radius 1 is 0.781 bits per heavy atom. The van der Waals surface area contributed by atoms with Crippen LogP contribution in [-0.2, 0) is 13.9 Å². The van der Waals surface area contributed by atoms with Gasteiger partial charge in [-0.25, -0.2) is 0 Å². The van der Waals surface area contributed by atoms with Crippen LogP contribution in [0.4, 0.5) is 0 Å². The van der Waals surface area contributed by atoms with E-state index >= 15 is 0 Å².